The van der Waals surface area contributed by atoms with Crippen molar-refractivity contribution in [1.82, 2.24) is 4.31 Å². The van der Waals surface area contributed by atoms with Gasteiger partial charge in [0.05, 0.1) is 21.8 Å². The average Bonchev–Trinajstić information content (AvgIpc) is 3.53. The minimum absolute atomic E-state index is 0.107. The Hall–Kier alpha value is -3.18. The summed E-state index contributed by atoms with van der Waals surface area (Å²) < 4.78 is 73.4. The van der Waals surface area contributed by atoms with Gasteiger partial charge in [0.15, 0.2) is 11.5 Å². The van der Waals surface area contributed by atoms with Gasteiger partial charge in [-0.15, -0.1) is 4.33 Å². The molecule has 0 fully saturated rings. The zero-order chi connectivity index (χ0) is 45.2. The number of nitrogens with zero attached hydrogens (tertiary/aromatic N) is 3. The van der Waals surface area contributed by atoms with E-state index in [4.69, 9.17) is 5.26 Å². The molecule has 0 spiro atoms. The molecule has 336 valence electrons. The average molecular weight is 924 g/mol. The molecule has 19 heteroatoms. The van der Waals surface area contributed by atoms with E-state index in [9.17, 15) is 31.4 Å². The quantitative estimate of drug-likeness (QED) is 0.0213. The fraction of sp³-hybridized carbons (Fsp3) is 0.476. The monoisotopic (exact) mass is 923 g/mol. The van der Waals surface area contributed by atoms with Crippen LogP contribution in [0.2, 0.25) is 0 Å². The minimum atomic E-state index is -4.41. The first kappa shape index (κ1) is 50.5. The predicted molar refractivity (Wildman–Crippen MR) is 236 cm³/mol. The van der Waals surface area contributed by atoms with Gasteiger partial charge in [-0.1, -0.05) is 70.0 Å². The lowest BCUT2D eigenvalue weighted by Gasteiger charge is -2.27. The van der Waals surface area contributed by atoms with Crippen molar-refractivity contribution in [3.8, 4) is 0 Å². The maximum atomic E-state index is 13.7. The molecule has 2 aromatic carbocycles. The van der Waals surface area contributed by atoms with Gasteiger partial charge in [-0.2, -0.15) is 21.6 Å². The predicted octanol–water partition coefficient (Wildman–Crippen LogP) is 7.40. The molecule has 0 unspecified atom stereocenters. The van der Waals surface area contributed by atoms with E-state index in [-0.39, 0.29) is 22.1 Å². The summed E-state index contributed by atoms with van der Waals surface area (Å²) in [5.41, 5.74) is 3.33. The van der Waals surface area contributed by atoms with Gasteiger partial charge in [-0.05, 0) is 75.1 Å². The van der Waals surface area contributed by atoms with E-state index in [1.165, 1.54) is 19.2 Å². The van der Waals surface area contributed by atoms with Gasteiger partial charge in [0, 0.05) is 95.5 Å². The number of unbranched alkanes of at least 4 members (excludes halogenated alkanes) is 2. The molecule has 0 atom stereocenters. The van der Waals surface area contributed by atoms with Gasteiger partial charge in [0.25, 0.3) is 10.1 Å². The molecule has 15 nitrogen and oxygen atoms in total. The van der Waals surface area contributed by atoms with Crippen LogP contribution in [0, 0.1) is 5.41 Å². The molecule has 0 saturated carbocycles. The molecule has 61 heavy (non-hydrogen) atoms. The SMILES string of the molecule is CN(CC(=O)C(C)(C)C)S(=O)(=O)c1ccc2c(c1)C(C)(C)C(/C=C/C=C/C=C/C=C1/N(CCCCSOO[O-])c3ccc(S(=O)(=O)O)cc3C1(C)C)=[N+]2CCCCSOOO. The number of ketones is 1. The van der Waals surface area contributed by atoms with Crippen LogP contribution in [0.5, 0.6) is 0 Å². The summed E-state index contributed by atoms with van der Waals surface area (Å²) in [5, 5.41) is 25.7. The van der Waals surface area contributed by atoms with Crippen LogP contribution in [-0.2, 0) is 54.5 Å². The van der Waals surface area contributed by atoms with Crippen molar-refractivity contribution in [3.05, 3.63) is 95.8 Å². The Morgan fingerprint density at radius 1 is 0.869 bits per heavy atom. The van der Waals surface area contributed by atoms with E-state index in [2.05, 4.69) is 28.2 Å². The number of hydrogen-bond acceptors (Lipinski definition) is 14. The third-order valence-corrected chi connectivity index (χ3v) is 14.6. The number of sulfonamides is 1. The van der Waals surface area contributed by atoms with Gasteiger partial charge in [0.1, 0.15) is 6.54 Å². The summed E-state index contributed by atoms with van der Waals surface area (Å²) in [6.07, 6.45) is 16.5. The smallest absolute Gasteiger partial charge is 0.294 e. The second-order valence-electron chi connectivity index (χ2n) is 16.7. The Morgan fingerprint density at radius 3 is 2.15 bits per heavy atom. The summed E-state index contributed by atoms with van der Waals surface area (Å²) in [6, 6.07) is 9.72. The molecule has 2 aliphatic heterocycles. The third-order valence-electron chi connectivity index (χ3n) is 10.8. The molecule has 2 N–H and O–H groups in total. The van der Waals surface area contributed by atoms with Crippen LogP contribution in [0.3, 0.4) is 0 Å². The lowest BCUT2D eigenvalue weighted by Crippen LogP contribution is -2.37. The van der Waals surface area contributed by atoms with Gasteiger partial charge in [-0.3, -0.25) is 14.4 Å². The molecule has 0 aromatic heterocycles. The first-order valence-corrected chi connectivity index (χ1v) is 24.4. The van der Waals surface area contributed by atoms with E-state index >= 15 is 0 Å². The molecule has 2 aliphatic rings. The zero-order valence-corrected chi connectivity index (χ0v) is 39.1. The second kappa shape index (κ2) is 21.5. The number of carbonyl (C=O) groups excluding carboxylic acids is 1. The maximum Gasteiger partial charge on any atom is 0.294 e. The van der Waals surface area contributed by atoms with Crippen molar-refractivity contribution < 1.29 is 60.0 Å². The van der Waals surface area contributed by atoms with Crippen molar-refractivity contribution in [2.75, 3.05) is 43.1 Å². The summed E-state index contributed by atoms with van der Waals surface area (Å²) in [6.45, 7) is 14.4. The molecule has 4 rings (SSSR count). The molecule has 2 heterocycles. The van der Waals surface area contributed by atoms with Crippen LogP contribution in [0.4, 0.5) is 11.4 Å². The van der Waals surface area contributed by atoms with Crippen molar-refractivity contribution in [3.63, 3.8) is 0 Å². The number of benzene rings is 2. The van der Waals surface area contributed by atoms with E-state index in [0.717, 1.165) is 88.0 Å². The van der Waals surface area contributed by atoms with Crippen LogP contribution in [-0.4, -0.2) is 85.2 Å². The summed E-state index contributed by atoms with van der Waals surface area (Å²) >= 11 is 1.92. The van der Waals surface area contributed by atoms with Gasteiger partial charge < -0.3 is 10.2 Å². The highest BCUT2D eigenvalue weighted by Gasteiger charge is 2.45. The largest absolute Gasteiger partial charge is 0.691 e. The highest BCUT2D eigenvalue weighted by atomic mass is 32.2. The normalized spacial score (nSPS) is 17.2. The minimum Gasteiger partial charge on any atom is -0.691 e. The van der Waals surface area contributed by atoms with E-state index < -0.39 is 36.4 Å². The number of allylic oxidation sites excluding steroid dienone is 8. The Labute approximate surface area is 368 Å². The number of hydrogen-bond donors (Lipinski definition) is 2. The first-order chi connectivity index (χ1) is 28.6. The molecule has 0 aliphatic carbocycles. The Bertz CT molecular complexity index is 2260. The summed E-state index contributed by atoms with van der Waals surface area (Å²) in [7, 11) is -6.96. The number of fused-ring (bicyclic) bond motifs is 2. The van der Waals surface area contributed by atoms with Gasteiger partial charge in [0.2, 0.25) is 15.7 Å². The van der Waals surface area contributed by atoms with Crippen LogP contribution < -0.4 is 10.2 Å². The van der Waals surface area contributed by atoms with E-state index in [0.29, 0.717) is 24.6 Å². The molecule has 0 amide bonds. The molecule has 2 aromatic rings. The molecule has 0 radical (unpaired) electrons. The number of Topliss-reactive ketones (excluding diaryl/α,β-unsaturated/α-hetero) is 1. The van der Waals surface area contributed by atoms with E-state index in [1.54, 1.807) is 39.0 Å². The van der Waals surface area contributed by atoms with E-state index in [1.807, 2.05) is 76.3 Å². The lowest BCUT2D eigenvalue weighted by atomic mass is 9.81. The summed E-state index contributed by atoms with van der Waals surface area (Å²) in [4.78, 5) is 14.8. The topological polar surface area (TPSA) is 195 Å². The van der Waals surface area contributed by atoms with Crippen molar-refractivity contribution in [2.24, 2.45) is 5.41 Å². The van der Waals surface area contributed by atoms with Crippen LogP contribution >= 0.6 is 24.1 Å². The molecular weight excluding hydrogens is 867 g/mol. The number of anilines is 1. The number of likely N-dealkylation sites (N-methyl/N-ethyl adjacent to an activating group) is 1. The van der Waals surface area contributed by atoms with Crippen molar-refractivity contribution >= 4 is 67.1 Å². The Kier molecular flexibility index (Phi) is 17.8. The number of rotatable bonds is 23. The van der Waals surface area contributed by atoms with Crippen LogP contribution in [0.15, 0.2) is 94.4 Å². The Morgan fingerprint density at radius 2 is 1.49 bits per heavy atom. The van der Waals surface area contributed by atoms with Gasteiger partial charge >= 0.3 is 0 Å². The standard InChI is InChI=1S/C42H57N3O12S4/c1-40(2,3)39(46)30-43(8)60(49,50)31-20-22-35-33(28-31)41(4,5)37(44(35)24-14-16-26-58-56-54-47)18-12-10-9-11-13-19-38-42(6,7)34-29-32(61(51,52)53)21-23-36(34)45(38)25-15-17-27-59-57-55-48/h9-13,18-23,28-29H,14-17,24-27,30H2,1-8H3,(H2-,47,48,51,52,53). The number of carbonyl (C=O) groups is 1. The van der Waals surface area contributed by atoms with Crippen LogP contribution in [0.1, 0.15) is 85.3 Å². The summed E-state index contributed by atoms with van der Waals surface area (Å²) in [5.74, 6) is 0.941. The maximum absolute atomic E-state index is 13.7. The highest BCUT2D eigenvalue weighted by molar-refractivity contribution is 7.94. The third kappa shape index (κ3) is 12.5. The fourth-order valence-electron chi connectivity index (χ4n) is 7.27. The van der Waals surface area contributed by atoms with Crippen molar-refractivity contribution in [1.29, 1.82) is 0 Å². The highest BCUT2D eigenvalue weighted by Crippen LogP contribution is 2.48. The lowest BCUT2D eigenvalue weighted by molar-refractivity contribution is -0.777. The molecule has 0 bridgehead atoms. The fourth-order valence-corrected chi connectivity index (χ4v) is 9.80. The second-order valence-corrected chi connectivity index (χ2v) is 21.7. The van der Waals surface area contributed by atoms with Crippen LogP contribution in [0.25, 0.3) is 0 Å². The van der Waals surface area contributed by atoms with Gasteiger partial charge in [-0.25, -0.2) is 13.7 Å². The van der Waals surface area contributed by atoms with Crippen molar-refractivity contribution in [2.45, 2.75) is 94.8 Å². The molecule has 0 saturated heterocycles. The Balaban J connectivity index is 1.60. The first-order valence-electron chi connectivity index (χ1n) is 19.7. The molecular formula is C42H57N3O12S4. The zero-order valence-electron chi connectivity index (χ0n) is 35.8.